The maximum Gasteiger partial charge on any atom is 0.279 e. The molecule has 4 rings (SSSR count). The SMILES string of the molecule is CCN1/C(=C2\C(=O)N(C)C(=S)N2c2ccccc2)C=Cc2cc(C)ccc21. The van der Waals surface area contributed by atoms with Crippen LogP contribution in [0.3, 0.4) is 0 Å². The molecule has 0 N–H and O–H groups in total. The zero-order valence-electron chi connectivity index (χ0n) is 15.6. The molecule has 1 amide bonds. The van der Waals surface area contributed by atoms with Crippen LogP contribution in [0.15, 0.2) is 66.0 Å². The van der Waals surface area contributed by atoms with Crippen LogP contribution in [0, 0.1) is 6.92 Å². The van der Waals surface area contributed by atoms with Gasteiger partial charge < -0.3 is 4.90 Å². The maximum absolute atomic E-state index is 13.1. The lowest BCUT2D eigenvalue weighted by molar-refractivity contribution is -0.121. The number of carbonyl (C=O) groups is 1. The third kappa shape index (κ3) is 2.75. The standard InChI is InChI=1S/C22H21N3OS/c1-4-24-18-12-10-15(2)14-16(18)11-13-19(24)20-21(26)23(3)22(27)25(20)17-8-6-5-7-9-17/h5-14H,4H2,1-3H3/b20-19+. The zero-order valence-corrected chi connectivity index (χ0v) is 16.5. The molecule has 1 fully saturated rings. The number of allylic oxidation sites excluding steroid dienone is 1. The van der Waals surface area contributed by atoms with Gasteiger partial charge in [0.2, 0.25) is 0 Å². The molecule has 136 valence electrons. The third-order valence-electron chi connectivity index (χ3n) is 4.97. The minimum Gasteiger partial charge on any atom is -0.339 e. The quantitative estimate of drug-likeness (QED) is 0.577. The van der Waals surface area contributed by atoms with Crippen molar-refractivity contribution < 1.29 is 4.79 Å². The highest BCUT2D eigenvalue weighted by atomic mass is 32.1. The number of para-hydroxylation sites is 1. The smallest absolute Gasteiger partial charge is 0.279 e. The van der Waals surface area contributed by atoms with E-state index >= 15 is 0 Å². The third-order valence-corrected chi connectivity index (χ3v) is 5.42. The Morgan fingerprint density at radius 1 is 1.04 bits per heavy atom. The summed E-state index contributed by atoms with van der Waals surface area (Å²) < 4.78 is 0. The number of nitrogens with zero attached hydrogens (tertiary/aromatic N) is 3. The lowest BCUT2D eigenvalue weighted by atomic mass is 10.0. The van der Waals surface area contributed by atoms with Crippen LogP contribution < -0.4 is 9.80 Å². The van der Waals surface area contributed by atoms with Gasteiger partial charge in [0.1, 0.15) is 5.70 Å². The first kappa shape index (κ1) is 17.5. The number of likely N-dealkylation sites (N-methyl/N-ethyl adjacent to an activating group) is 2. The summed E-state index contributed by atoms with van der Waals surface area (Å²) in [5.74, 6) is -0.0856. The van der Waals surface area contributed by atoms with Crippen molar-refractivity contribution in [2.45, 2.75) is 13.8 Å². The van der Waals surface area contributed by atoms with E-state index in [1.54, 1.807) is 7.05 Å². The van der Waals surface area contributed by atoms with Crippen molar-refractivity contribution >= 4 is 40.7 Å². The van der Waals surface area contributed by atoms with Crippen LogP contribution in [-0.2, 0) is 4.79 Å². The molecule has 4 nitrogen and oxygen atoms in total. The molecular formula is C22H21N3OS. The molecule has 2 aliphatic heterocycles. The number of rotatable bonds is 2. The minimum absolute atomic E-state index is 0.0856. The molecule has 5 heteroatoms. The average molecular weight is 375 g/mol. The summed E-state index contributed by atoms with van der Waals surface area (Å²) in [7, 11) is 1.73. The van der Waals surface area contributed by atoms with E-state index in [0.29, 0.717) is 10.8 Å². The number of benzene rings is 2. The molecule has 2 aromatic carbocycles. The average Bonchev–Trinajstić information content (AvgIpc) is 2.91. The van der Waals surface area contributed by atoms with E-state index in [0.717, 1.165) is 29.2 Å². The van der Waals surface area contributed by atoms with Crippen molar-refractivity contribution in [3.8, 4) is 0 Å². The fourth-order valence-corrected chi connectivity index (χ4v) is 3.90. The van der Waals surface area contributed by atoms with Crippen molar-refractivity contribution in [1.82, 2.24) is 4.90 Å². The summed E-state index contributed by atoms with van der Waals surface area (Å²) in [5, 5.41) is 0.493. The number of anilines is 2. The van der Waals surface area contributed by atoms with Gasteiger partial charge in [-0.1, -0.05) is 35.9 Å². The summed E-state index contributed by atoms with van der Waals surface area (Å²) in [6.07, 6.45) is 4.10. The van der Waals surface area contributed by atoms with Crippen molar-refractivity contribution in [3.05, 3.63) is 77.1 Å². The topological polar surface area (TPSA) is 26.8 Å². The maximum atomic E-state index is 13.1. The van der Waals surface area contributed by atoms with Gasteiger partial charge in [-0.2, -0.15) is 0 Å². The molecule has 0 spiro atoms. The molecule has 2 aromatic rings. The summed E-state index contributed by atoms with van der Waals surface area (Å²) in [5.41, 5.74) is 5.84. The fourth-order valence-electron chi connectivity index (χ4n) is 3.62. The van der Waals surface area contributed by atoms with Crippen LogP contribution in [0.4, 0.5) is 11.4 Å². The van der Waals surface area contributed by atoms with Gasteiger partial charge in [0, 0.05) is 25.0 Å². The number of hydrogen-bond acceptors (Lipinski definition) is 3. The predicted molar refractivity (Wildman–Crippen MR) is 115 cm³/mol. The first-order valence-electron chi connectivity index (χ1n) is 9.00. The van der Waals surface area contributed by atoms with Gasteiger partial charge in [0.25, 0.3) is 5.91 Å². The zero-order chi connectivity index (χ0) is 19.1. The highest BCUT2D eigenvalue weighted by Gasteiger charge is 2.40. The van der Waals surface area contributed by atoms with Crippen molar-refractivity contribution in [3.63, 3.8) is 0 Å². The highest BCUT2D eigenvalue weighted by molar-refractivity contribution is 7.80. The molecule has 27 heavy (non-hydrogen) atoms. The Bertz CT molecular complexity index is 994. The van der Waals surface area contributed by atoms with Gasteiger partial charge >= 0.3 is 0 Å². The van der Waals surface area contributed by atoms with Gasteiger partial charge in [-0.3, -0.25) is 14.6 Å². The van der Waals surface area contributed by atoms with E-state index < -0.39 is 0 Å². The fraction of sp³-hybridized carbons (Fsp3) is 0.182. The Kier molecular flexibility index (Phi) is 4.32. The van der Waals surface area contributed by atoms with Gasteiger partial charge in [0.05, 0.1) is 5.70 Å². The van der Waals surface area contributed by atoms with Crippen LogP contribution in [0.2, 0.25) is 0 Å². The van der Waals surface area contributed by atoms with Crippen LogP contribution in [0.25, 0.3) is 6.08 Å². The lowest BCUT2D eigenvalue weighted by Gasteiger charge is -2.32. The summed E-state index contributed by atoms with van der Waals surface area (Å²) in [6, 6.07) is 16.2. The van der Waals surface area contributed by atoms with Crippen molar-refractivity contribution in [1.29, 1.82) is 0 Å². The van der Waals surface area contributed by atoms with Crippen LogP contribution in [-0.4, -0.2) is 29.5 Å². The molecule has 1 saturated heterocycles. The summed E-state index contributed by atoms with van der Waals surface area (Å²) in [6.45, 7) is 4.94. The predicted octanol–water partition coefficient (Wildman–Crippen LogP) is 4.32. The molecular weight excluding hydrogens is 354 g/mol. The number of aryl methyl sites for hydroxylation is 1. The van der Waals surface area contributed by atoms with Gasteiger partial charge in [0.15, 0.2) is 5.11 Å². The Morgan fingerprint density at radius 3 is 2.48 bits per heavy atom. The number of fused-ring (bicyclic) bond motifs is 1. The second kappa shape index (κ2) is 6.67. The number of amides is 1. The van der Waals surface area contributed by atoms with E-state index in [4.69, 9.17) is 12.2 Å². The lowest BCUT2D eigenvalue weighted by Crippen LogP contribution is -2.31. The Hall–Kier alpha value is -2.92. The van der Waals surface area contributed by atoms with Gasteiger partial charge in [-0.05, 0) is 62.0 Å². The van der Waals surface area contributed by atoms with E-state index in [1.807, 2.05) is 41.3 Å². The van der Waals surface area contributed by atoms with Crippen LogP contribution in [0.1, 0.15) is 18.1 Å². The molecule has 0 aliphatic carbocycles. The molecule has 0 unspecified atom stereocenters. The number of carbonyl (C=O) groups excluding carboxylic acids is 1. The Morgan fingerprint density at radius 2 is 1.78 bits per heavy atom. The van der Waals surface area contributed by atoms with Gasteiger partial charge in [-0.15, -0.1) is 0 Å². The van der Waals surface area contributed by atoms with Crippen molar-refractivity contribution in [2.24, 2.45) is 0 Å². The largest absolute Gasteiger partial charge is 0.339 e. The molecule has 0 bridgehead atoms. The molecule has 0 saturated carbocycles. The van der Waals surface area contributed by atoms with E-state index in [-0.39, 0.29) is 5.91 Å². The first-order valence-corrected chi connectivity index (χ1v) is 9.41. The number of thiocarbonyl (C=S) groups is 1. The Balaban J connectivity index is 1.93. The normalized spacial score (nSPS) is 19.1. The molecule has 2 heterocycles. The second-order valence-corrected chi connectivity index (χ2v) is 7.06. The molecule has 0 radical (unpaired) electrons. The molecule has 0 aromatic heterocycles. The van der Waals surface area contributed by atoms with E-state index in [9.17, 15) is 4.79 Å². The number of hydrogen-bond donors (Lipinski definition) is 0. The van der Waals surface area contributed by atoms with E-state index in [1.165, 1.54) is 10.5 Å². The second-order valence-electron chi connectivity index (χ2n) is 6.69. The van der Waals surface area contributed by atoms with Crippen molar-refractivity contribution in [2.75, 3.05) is 23.4 Å². The first-order chi connectivity index (χ1) is 13.0. The minimum atomic E-state index is -0.0856. The Labute approximate surface area is 165 Å². The molecule has 0 atom stereocenters. The van der Waals surface area contributed by atoms with Gasteiger partial charge in [-0.25, -0.2) is 0 Å². The summed E-state index contributed by atoms with van der Waals surface area (Å²) in [4.78, 5) is 18.7. The van der Waals surface area contributed by atoms with Crippen LogP contribution in [0.5, 0.6) is 0 Å². The van der Waals surface area contributed by atoms with Crippen LogP contribution >= 0.6 is 12.2 Å². The molecule has 2 aliphatic rings. The van der Waals surface area contributed by atoms with E-state index in [2.05, 4.69) is 43.0 Å². The summed E-state index contributed by atoms with van der Waals surface area (Å²) >= 11 is 5.59. The monoisotopic (exact) mass is 375 g/mol. The highest BCUT2D eigenvalue weighted by Crippen LogP contribution is 2.37.